The molecule has 31 heavy (non-hydrogen) atoms. The number of aliphatic carboxylic acids is 1. The van der Waals surface area contributed by atoms with Gasteiger partial charge >= 0.3 is 12.1 Å². The number of carbonyl (C=O) groups excluding carboxylic acids is 1. The molecule has 3 aromatic rings. The van der Waals surface area contributed by atoms with Gasteiger partial charge in [-0.3, -0.25) is 0 Å². The molecule has 0 radical (unpaired) electrons. The molecule has 1 amide bonds. The van der Waals surface area contributed by atoms with Crippen LogP contribution in [0.15, 0.2) is 48.5 Å². The van der Waals surface area contributed by atoms with Gasteiger partial charge in [-0.15, -0.1) is 0 Å². The standard InChI is InChI=1S/C23H23N3O5/c1-13-19(21(30-3)26(2)25-13)20(22(27)28)24-23(29)31-12-18-16-10-6-4-8-14(16)15-9-5-7-11-17(15)18/h4-11,18,20H,12H2,1-3H3,(H,24,29)(H,27,28). The van der Waals surface area contributed by atoms with Crippen molar-refractivity contribution in [1.29, 1.82) is 0 Å². The molecule has 0 aliphatic heterocycles. The lowest BCUT2D eigenvalue weighted by molar-refractivity contribution is -0.139. The summed E-state index contributed by atoms with van der Waals surface area (Å²) in [6.45, 7) is 1.75. The van der Waals surface area contributed by atoms with E-state index in [9.17, 15) is 14.7 Å². The average Bonchev–Trinajstić information content (AvgIpc) is 3.23. The monoisotopic (exact) mass is 421 g/mol. The van der Waals surface area contributed by atoms with Gasteiger partial charge in [0.1, 0.15) is 6.61 Å². The maximum atomic E-state index is 12.6. The Balaban J connectivity index is 1.52. The number of aromatic nitrogens is 2. The molecule has 1 aromatic heterocycles. The number of hydrogen-bond acceptors (Lipinski definition) is 5. The second-order valence-corrected chi connectivity index (χ2v) is 7.37. The second-order valence-electron chi connectivity index (χ2n) is 7.37. The van der Waals surface area contributed by atoms with Crippen molar-refractivity contribution >= 4 is 12.1 Å². The van der Waals surface area contributed by atoms with Crippen LogP contribution in [-0.4, -0.2) is 40.7 Å². The lowest BCUT2D eigenvalue weighted by Crippen LogP contribution is -2.35. The van der Waals surface area contributed by atoms with E-state index in [1.807, 2.05) is 48.5 Å². The molecule has 1 heterocycles. The minimum absolute atomic E-state index is 0.0926. The van der Waals surface area contributed by atoms with Crippen molar-refractivity contribution in [1.82, 2.24) is 15.1 Å². The number of rotatable bonds is 6. The summed E-state index contributed by atoms with van der Waals surface area (Å²) in [7, 11) is 3.06. The van der Waals surface area contributed by atoms with Gasteiger partial charge in [-0.25, -0.2) is 14.3 Å². The normalized spacial score (nSPS) is 13.3. The number of nitrogens with one attached hydrogen (secondary N) is 1. The molecular formula is C23H23N3O5. The Bertz CT molecular complexity index is 1110. The zero-order valence-electron chi connectivity index (χ0n) is 17.5. The van der Waals surface area contributed by atoms with Crippen molar-refractivity contribution in [2.75, 3.05) is 13.7 Å². The van der Waals surface area contributed by atoms with Crippen molar-refractivity contribution < 1.29 is 24.2 Å². The first-order valence-corrected chi connectivity index (χ1v) is 9.84. The number of carboxylic acid groups (broad SMARTS) is 1. The number of hydrogen-bond donors (Lipinski definition) is 2. The third-order valence-electron chi connectivity index (χ3n) is 5.55. The molecule has 8 nitrogen and oxygen atoms in total. The Morgan fingerprint density at radius 1 is 1.13 bits per heavy atom. The maximum absolute atomic E-state index is 12.6. The molecule has 4 rings (SSSR count). The molecule has 1 atom stereocenters. The van der Waals surface area contributed by atoms with Gasteiger partial charge in [0.25, 0.3) is 0 Å². The Morgan fingerprint density at radius 2 is 1.71 bits per heavy atom. The van der Waals surface area contributed by atoms with Crippen LogP contribution in [0, 0.1) is 6.92 Å². The fraction of sp³-hybridized carbons (Fsp3) is 0.261. The summed E-state index contributed by atoms with van der Waals surface area (Å²) < 4.78 is 12.2. The predicted octanol–water partition coefficient (Wildman–Crippen LogP) is 3.40. The molecule has 0 fully saturated rings. The first-order valence-electron chi connectivity index (χ1n) is 9.84. The topological polar surface area (TPSA) is 103 Å². The lowest BCUT2D eigenvalue weighted by atomic mass is 9.98. The quantitative estimate of drug-likeness (QED) is 0.632. The van der Waals surface area contributed by atoms with Crippen LogP contribution >= 0.6 is 0 Å². The molecule has 0 saturated heterocycles. The molecule has 0 spiro atoms. The summed E-state index contributed by atoms with van der Waals surface area (Å²) in [4.78, 5) is 24.5. The summed E-state index contributed by atoms with van der Waals surface area (Å²) in [6, 6.07) is 14.7. The van der Waals surface area contributed by atoms with E-state index in [0.29, 0.717) is 5.69 Å². The van der Waals surface area contributed by atoms with E-state index in [2.05, 4.69) is 10.4 Å². The number of methoxy groups -OCH3 is 1. The number of ether oxygens (including phenoxy) is 2. The van der Waals surface area contributed by atoms with E-state index >= 15 is 0 Å². The van der Waals surface area contributed by atoms with Gasteiger partial charge in [0, 0.05) is 13.0 Å². The van der Waals surface area contributed by atoms with E-state index in [-0.39, 0.29) is 24.0 Å². The van der Waals surface area contributed by atoms with Crippen LogP contribution in [0.25, 0.3) is 11.1 Å². The van der Waals surface area contributed by atoms with Gasteiger partial charge in [-0.05, 0) is 29.2 Å². The fourth-order valence-corrected chi connectivity index (χ4v) is 4.24. The van der Waals surface area contributed by atoms with Crippen LogP contribution in [0.4, 0.5) is 4.79 Å². The van der Waals surface area contributed by atoms with E-state index < -0.39 is 18.1 Å². The van der Waals surface area contributed by atoms with Crippen LogP contribution in [0.1, 0.15) is 34.3 Å². The first-order chi connectivity index (χ1) is 14.9. The molecule has 1 unspecified atom stereocenters. The fourth-order valence-electron chi connectivity index (χ4n) is 4.24. The van der Waals surface area contributed by atoms with Crippen molar-refractivity contribution in [3.8, 4) is 17.0 Å². The molecule has 2 N–H and O–H groups in total. The SMILES string of the molecule is COc1c(C(NC(=O)OCC2c3ccccc3-c3ccccc32)C(=O)O)c(C)nn1C. The number of carbonyl (C=O) groups is 2. The predicted molar refractivity (Wildman–Crippen MR) is 113 cm³/mol. The van der Waals surface area contributed by atoms with Crippen molar-refractivity contribution in [2.45, 2.75) is 18.9 Å². The van der Waals surface area contributed by atoms with Gasteiger partial charge in [-0.1, -0.05) is 48.5 Å². The number of aryl methyl sites for hydroxylation is 2. The number of fused-ring (bicyclic) bond motifs is 3. The molecule has 0 bridgehead atoms. The number of alkyl carbamates (subject to hydrolysis) is 1. The second kappa shape index (κ2) is 8.14. The molecule has 0 saturated carbocycles. The summed E-state index contributed by atoms with van der Waals surface area (Å²) in [5, 5.41) is 16.3. The summed E-state index contributed by atoms with van der Waals surface area (Å²) >= 11 is 0. The third kappa shape index (κ3) is 3.61. The molecule has 2 aromatic carbocycles. The molecule has 1 aliphatic carbocycles. The van der Waals surface area contributed by atoms with Crippen LogP contribution in [0.3, 0.4) is 0 Å². The van der Waals surface area contributed by atoms with E-state index in [1.165, 1.54) is 11.8 Å². The molecule has 1 aliphatic rings. The van der Waals surface area contributed by atoms with Crippen LogP contribution in [-0.2, 0) is 16.6 Å². The third-order valence-corrected chi connectivity index (χ3v) is 5.55. The van der Waals surface area contributed by atoms with E-state index in [4.69, 9.17) is 9.47 Å². The summed E-state index contributed by atoms with van der Waals surface area (Å²) in [5.41, 5.74) is 5.13. The minimum atomic E-state index is -1.35. The van der Waals surface area contributed by atoms with Crippen LogP contribution < -0.4 is 10.1 Å². The van der Waals surface area contributed by atoms with E-state index in [0.717, 1.165) is 22.3 Å². The van der Waals surface area contributed by atoms with Crippen LogP contribution in [0.5, 0.6) is 5.88 Å². The van der Waals surface area contributed by atoms with Crippen molar-refractivity contribution in [2.24, 2.45) is 7.05 Å². The smallest absolute Gasteiger partial charge is 0.408 e. The highest BCUT2D eigenvalue weighted by molar-refractivity contribution is 5.83. The molecule has 8 heteroatoms. The van der Waals surface area contributed by atoms with E-state index in [1.54, 1.807) is 14.0 Å². The zero-order valence-corrected chi connectivity index (χ0v) is 17.5. The van der Waals surface area contributed by atoms with Crippen LogP contribution in [0.2, 0.25) is 0 Å². The largest absolute Gasteiger partial charge is 0.481 e. The average molecular weight is 421 g/mol. The van der Waals surface area contributed by atoms with Gasteiger partial charge in [-0.2, -0.15) is 5.10 Å². The zero-order chi connectivity index (χ0) is 22.1. The summed E-state index contributed by atoms with van der Waals surface area (Å²) in [6.07, 6.45) is -0.820. The molecular weight excluding hydrogens is 398 g/mol. The minimum Gasteiger partial charge on any atom is -0.481 e. The number of benzene rings is 2. The van der Waals surface area contributed by atoms with Crippen molar-refractivity contribution in [3.63, 3.8) is 0 Å². The Labute approximate surface area is 179 Å². The lowest BCUT2D eigenvalue weighted by Gasteiger charge is -2.18. The summed E-state index contributed by atoms with van der Waals surface area (Å²) in [5.74, 6) is -1.08. The maximum Gasteiger partial charge on any atom is 0.408 e. The van der Waals surface area contributed by atoms with Crippen molar-refractivity contribution in [3.05, 3.63) is 70.9 Å². The number of nitrogens with zero attached hydrogens (tertiary/aromatic N) is 2. The highest BCUT2D eigenvalue weighted by atomic mass is 16.5. The first kappa shape index (κ1) is 20.5. The number of amides is 1. The van der Waals surface area contributed by atoms with Gasteiger partial charge in [0.15, 0.2) is 6.04 Å². The van der Waals surface area contributed by atoms with Gasteiger partial charge < -0.3 is 19.9 Å². The Hall–Kier alpha value is -3.81. The molecule has 160 valence electrons. The highest BCUT2D eigenvalue weighted by Crippen LogP contribution is 2.44. The Kier molecular flexibility index (Phi) is 5.37. The van der Waals surface area contributed by atoms with Gasteiger partial charge in [0.2, 0.25) is 5.88 Å². The Morgan fingerprint density at radius 3 is 2.26 bits per heavy atom. The van der Waals surface area contributed by atoms with Gasteiger partial charge in [0.05, 0.1) is 18.4 Å². The number of carboxylic acids is 1. The highest BCUT2D eigenvalue weighted by Gasteiger charge is 2.33.